The molecule has 0 aromatic carbocycles. The second-order valence-electron chi connectivity index (χ2n) is 4.97. The van der Waals surface area contributed by atoms with Crippen molar-refractivity contribution in [2.45, 2.75) is 19.3 Å². The molecule has 20 heavy (non-hydrogen) atoms. The number of hydrogen-bond donors (Lipinski definition) is 1. The van der Waals surface area contributed by atoms with Crippen LogP contribution < -0.4 is 5.43 Å². The Morgan fingerprint density at radius 3 is 3.00 bits per heavy atom. The minimum atomic E-state index is -0.343. The third-order valence-electron chi connectivity index (χ3n) is 3.38. The summed E-state index contributed by atoms with van der Waals surface area (Å²) in [5, 5.41) is 3.87. The van der Waals surface area contributed by atoms with E-state index in [9.17, 15) is 4.79 Å². The van der Waals surface area contributed by atoms with Crippen molar-refractivity contribution in [2.24, 2.45) is 11.0 Å². The lowest BCUT2D eigenvalue weighted by atomic mass is 10.3. The van der Waals surface area contributed by atoms with Gasteiger partial charge in [-0.1, -0.05) is 13.0 Å². The SMILES string of the molecule is C[C@H]1C[C@@H]1c1ccc(/C=N\NC(=O)c2ccccn2)o1. The van der Waals surface area contributed by atoms with Crippen molar-refractivity contribution in [3.63, 3.8) is 0 Å². The second-order valence-corrected chi connectivity index (χ2v) is 4.97. The van der Waals surface area contributed by atoms with E-state index in [1.54, 1.807) is 24.4 Å². The van der Waals surface area contributed by atoms with Crippen molar-refractivity contribution in [3.05, 3.63) is 53.7 Å². The molecule has 3 rings (SSSR count). The number of carbonyl (C=O) groups excluding carboxylic acids is 1. The molecular weight excluding hydrogens is 254 g/mol. The Kier molecular flexibility index (Phi) is 3.33. The number of carbonyl (C=O) groups is 1. The first-order valence-electron chi connectivity index (χ1n) is 6.58. The maximum atomic E-state index is 11.7. The zero-order chi connectivity index (χ0) is 13.9. The summed E-state index contributed by atoms with van der Waals surface area (Å²) in [5.74, 6) is 2.54. The monoisotopic (exact) mass is 269 g/mol. The quantitative estimate of drug-likeness (QED) is 0.685. The van der Waals surface area contributed by atoms with Crippen LogP contribution in [0.25, 0.3) is 0 Å². The normalized spacial score (nSPS) is 21.1. The summed E-state index contributed by atoms with van der Waals surface area (Å²) in [4.78, 5) is 15.6. The van der Waals surface area contributed by atoms with Crippen molar-refractivity contribution in [3.8, 4) is 0 Å². The summed E-state index contributed by atoms with van der Waals surface area (Å²) >= 11 is 0. The van der Waals surface area contributed by atoms with E-state index in [4.69, 9.17) is 4.42 Å². The number of hydrazone groups is 1. The highest BCUT2D eigenvalue weighted by Crippen LogP contribution is 2.47. The molecule has 1 fully saturated rings. The van der Waals surface area contributed by atoms with Gasteiger partial charge in [-0.25, -0.2) is 5.43 Å². The van der Waals surface area contributed by atoms with Gasteiger partial charge in [-0.3, -0.25) is 9.78 Å². The Bertz CT molecular complexity index is 634. The molecule has 5 nitrogen and oxygen atoms in total. The van der Waals surface area contributed by atoms with Crippen LogP contribution in [0.3, 0.4) is 0 Å². The summed E-state index contributed by atoms with van der Waals surface area (Å²) < 4.78 is 5.65. The minimum absolute atomic E-state index is 0.330. The van der Waals surface area contributed by atoms with Gasteiger partial charge in [-0.15, -0.1) is 0 Å². The molecule has 0 saturated heterocycles. The Hall–Kier alpha value is -2.43. The fourth-order valence-electron chi connectivity index (χ4n) is 2.06. The number of pyridine rings is 1. The second kappa shape index (κ2) is 5.28. The number of amides is 1. The molecule has 0 unspecified atom stereocenters. The third-order valence-corrected chi connectivity index (χ3v) is 3.38. The highest BCUT2D eigenvalue weighted by molar-refractivity contribution is 5.92. The van der Waals surface area contributed by atoms with Gasteiger partial charge in [0.05, 0.1) is 6.21 Å². The number of nitrogens with one attached hydrogen (secondary N) is 1. The smallest absolute Gasteiger partial charge is 0.289 e. The van der Waals surface area contributed by atoms with E-state index >= 15 is 0 Å². The van der Waals surface area contributed by atoms with E-state index in [-0.39, 0.29) is 5.91 Å². The van der Waals surface area contributed by atoms with Crippen LogP contribution in [-0.4, -0.2) is 17.1 Å². The van der Waals surface area contributed by atoms with Gasteiger partial charge in [0.25, 0.3) is 5.91 Å². The summed E-state index contributed by atoms with van der Waals surface area (Å²) in [6, 6.07) is 8.96. The number of furan rings is 1. The van der Waals surface area contributed by atoms with Gasteiger partial charge >= 0.3 is 0 Å². The van der Waals surface area contributed by atoms with E-state index in [1.807, 2.05) is 12.1 Å². The lowest BCUT2D eigenvalue weighted by Gasteiger charge is -1.97. The zero-order valence-corrected chi connectivity index (χ0v) is 11.1. The minimum Gasteiger partial charge on any atom is -0.460 e. The van der Waals surface area contributed by atoms with E-state index in [0.29, 0.717) is 23.3 Å². The first-order valence-corrected chi connectivity index (χ1v) is 6.58. The average molecular weight is 269 g/mol. The van der Waals surface area contributed by atoms with Crippen LogP contribution in [0.2, 0.25) is 0 Å². The van der Waals surface area contributed by atoms with Gasteiger partial charge in [0, 0.05) is 12.1 Å². The van der Waals surface area contributed by atoms with Crippen molar-refractivity contribution in [2.75, 3.05) is 0 Å². The Labute approximate surface area is 116 Å². The van der Waals surface area contributed by atoms with Gasteiger partial charge < -0.3 is 4.42 Å². The molecule has 2 heterocycles. The fourth-order valence-corrected chi connectivity index (χ4v) is 2.06. The molecule has 2 aromatic rings. The predicted octanol–water partition coefficient (Wildman–Crippen LogP) is 2.56. The summed E-state index contributed by atoms with van der Waals surface area (Å²) in [6.45, 7) is 2.20. The molecule has 5 heteroatoms. The number of hydrogen-bond acceptors (Lipinski definition) is 4. The van der Waals surface area contributed by atoms with E-state index in [2.05, 4.69) is 22.4 Å². The highest BCUT2D eigenvalue weighted by Gasteiger charge is 2.36. The van der Waals surface area contributed by atoms with Gasteiger partial charge in [0.1, 0.15) is 17.2 Å². The molecule has 0 spiro atoms. The van der Waals surface area contributed by atoms with E-state index in [0.717, 1.165) is 5.76 Å². The standard InChI is InChI=1S/C15H15N3O2/c1-10-8-12(10)14-6-5-11(20-14)9-17-18-15(19)13-4-2-3-7-16-13/h2-7,9-10,12H,8H2,1H3,(H,18,19)/b17-9-/t10-,12-/m0/s1. The van der Waals surface area contributed by atoms with Crippen LogP contribution in [-0.2, 0) is 0 Å². The molecule has 0 aliphatic heterocycles. The zero-order valence-electron chi connectivity index (χ0n) is 11.1. The van der Waals surface area contributed by atoms with Crippen LogP contribution in [0.5, 0.6) is 0 Å². The molecule has 1 aliphatic rings. The maximum Gasteiger partial charge on any atom is 0.289 e. The maximum absolute atomic E-state index is 11.7. The largest absolute Gasteiger partial charge is 0.460 e. The number of nitrogens with zero attached hydrogens (tertiary/aromatic N) is 2. The van der Waals surface area contributed by atoms with E-state index < -0.39 is 0 Å². The first kappa shape index (κ1) is 12.6. The van der Waals surface area contributed by atoms with Gasteiger partial charge in [-0.05, 0) is 36.6 Å². The van der Waals surface area contributed by atoms with Gasteiger partial charge in [-0.2, -0.15) is 5.10 Å². The van der Waals surface area contributed by atoms with Crippen LogP contribution >= 0.6 is 0 Å². The molecule has 102 valence electrons. The van der Waals surface area contributed by atoms with Crippen LogP contribution in [0.15, 0.2) is 46.0 Å². The lowest BCUT2D eigenvalue weighted by molar-refractivity contribution is 0.0950. The van der Waals surface area contributed by atoms with Crippen LogP contribution in [0.1, 0.15) is 41.3 Å². The Balaban J connectivity index is 1.58. The molecule has 2 atom stereocenters. The molecule has 0 bridgehead atoms. The Morgan fingerprint density at radius 2 is 2.30 bits per heavy atom. The summed E-state index contributed by atoms with van der Waals surface area (Å²) in [5.41, 5.74) is 2.75. The molecular formula is C15H15N3O2. The van der Waals surface area contributed by atoms with Crippen molar-refractivity contribution in [1.29, 1.82) is 0 Å². The highest BCUT2D eigenvalue weighted by atomic mass is 16.3. The predicted molar refractivity (Wildman–Crippen MR) is 74.5 cm³/mol. The van der Waals surface area contributed by atoms with Crippen molar-refractivity contribution in [1.82, 2.24) is 10.4 Å². The molecule has 1 aliphatic carbocycles. The summed E-state index contributed by atoms with van der Waals surface area (Å²) in [6.07, 6.45) is 4.24. The first-order chi connectivity index (χ1) is 9.74. The van der Waals surface area contributed by atoms with Crippen molar-refractivity contribution >= 4 is 12.1 Å². The average Bonchev–Trinajstić information content (AvgIpc) is 3.01. The van der Waals surface area contributed by atoms with Gasteiger partial charge in [0.2, 0.25) is 0 Å². The number of aromatic nitrogens is 1. The molecule has 2 aromatic heterocycles. The van der Waals surface area contributed by atoms with Crippen molar-refractivity contribution < 1.29 is 9.21 Å². The molecule has 1 amide bonds. The van der Waals surface area contributed by atoms with Crippen LogP contribution in [0, 0.1) is 5.92 Å². The topological polar surface area (TPSA) is 67.5 Å². The van der Waals surface area contributed by atoms with E-state index in [1.165, 1.54) is 12.6 Å². The summed E-state index contributed by atoms with van der Waals surface area (Å²) in [7, 11) is 0. The molecule has 0 radical (unpaired) electrons. The lowest BCUT2D eigenvalue weighted by Crippen LogP contribution is -2.18. The Morgan fingerprint density at radius 1 is 1.45 bits per heavy atom. The van der Waals surface area contributed by atoms with Gasteiger partial charge in [0.15, 0.2) is 0 Å². The molecule has 1 N–H and O–H groups in total. The fraction of sp³-hybridized carbons (Fsp3) is 0.267. The third kappa shape index (κ3) is 2.77. The van der Waals surface area contributed by atoms with Crippen LogP contribution in [0.4, 0.5) is 0 Å². The molecule has 1 saturated carbocycles. The number of rotatable bonds is 4.